The maximum atomic E-state index is 6.12. The van der Waals surface area contributed by atoms with Crippen molar-refractivity contribution in [3.63, 3.8) is 0 Å². The summed E-state index contributed by atoms with van der Waals surface area (Å²) in [6, 6.07) is 16.6. The van der Waals surface area contributed by atoms with E-state index in [1.54, 1.807) is 0 Å². The van der Waals surface area contributed by atoms with Gasteiger partial charge >= 0.3 is 0 Å². The lowest BCUT2D eigenvalue weighted by Gasteiger charge is -2.17. The molecule has 0 bridgehead atoms. The Morgan fingerprint density at radius 3 is 1.97 bits per heavy atom. The number of hydrogen-bond acceptors (Lipinski definition) is 5. The second kappa shape index (κ2) is 12.8. The first-order chi connectivity index (χ1) is 15.7. The van der Waals surface area contributed by atoms with E-state index in [-0.39, 0.29) is 0 Å². The highest BCUT2D eigenvalue weighted by molar-refractivity contribution is 5.74. The molecule has 0 atom stereocenters. The van der Waals surface area contributed by atoms with Crippen LogP contribution in [0, 0.1) is 13.8 Å². The molecule has 5 nitrogen and oxygen atoms in total. The second-order valence-electron chi connectivity index (χ2n) is 7.91. The lowest BCUT2D eigenvalue weighted by molar-refractivity contribution is 0.306. The zero-order valence-electron chi connectivity index (χ0n) is 19.3. The van der Waals surface area contributed by atoms with Crippen molar-refractivity contribution < 1.29 is 9.47 Å². The number of pyridine rings is 1. The number of aromatic nitrogens is 1. The molecule has 0 unspecified atom stereocenters. The molecular formula is C27H35N3O2. The molecule has 0 fully saturated rings. The second-order valence-corrected chi connectivity index (χ2v) is 7.91. The van der Waals surface area contributed by atoms with Crippen LogP contribution in [0.5, 0.6) is 11.5 Å². The van der Waals surface area contributed by atoms with Gasteiger partial charge in [0.15, 0.2) is 0 Å². The summed E-state index contributed by atoms with van der Waals surface area (Å²) >= 11 is 0. The topological polar surface area (TPSA) is 69.4 Å². The summed E-state index contributed by atoms with van der Waals surface area (Å²) in [6.07, 6.45) is 6.51. The third kappa shape index (κ3) is 6.81. The quantitative estimate of drug-likeness (QED) is 0.383. The molecule has 0 aliphatic carbocycles. The summed E-state index contributed by atoms with van der Waals surface area (Å²) < 4.78 is 12.0. The summed E-state index contributed by atoms with van der Waals surface area (Å²) in [7, 11) is 0. The van der Waals surface area contributed by atoms with E-state index in [0.29, 0.717) is 19.8 Å². The zero-order chi connectivity index (χ0) is 22.6. The highest BCUT2D eigenvalue weighted by Crippen LogP contribution is 2.35. The molecule has 5 heteroatoms. The van der Waals surface area contributed by atoms with Gasteiger partial charge in [0.2, 0.25) is 0 Å². The molecule has 3 N–H and O–H groups in total. The van der Waals surface area contributed by atoms with Gasteiger partial charge in [-0.25, -0.2) is 0 Å². The Balaban J connectivity index is 1.51. The monoisotopic (exact) mass is 433 g/mol. The van der Waals surface area contributed by atoms with Gasteiger partial charge in [-0.2, -0.15) is 0 Å². The van der Waals surface area contributed by atoms with Crippen molar-refractivity contribution in [2.45, 2.75) is 33.1 Å². The van der Waals surface area contributed by atoms with Crippen LogP contribution in [0.15, 0.2) is 60.9 Å². The maximum absolute atomic E-state index is 6.12. The van der Waals surface area contributed by atoms with E-state index in [2.05, 4.69) is 54.5 Å². The van der Waals surface area contributed by atoms with Crippen molar-refractivity contribution in [1.29, 1.82) is 0 Å². The molecule has 170 valence electrons. The van der Waals surface area contributed by atoms with Crippen molar-refractivity contribution in [3.05, 3.63) is 77.6 Å². The number of rotatable bonds is 13. The van der Waals surface area contributed by atoms with E-state index >= 15 is 0 Å². The SMILES string of the molecule is Cc1c(OCCCN)cccc1-c1cccc(OCCCNCCc2ccncc2)c1C. The molecule has 1 aromatic heterocycles. The molecule has 1 heterocycles. The van der Waals surface area contributed by atoms with Crippen molar-refractivity contribution in [2.24, 2.45) is 5.73 Å². The molecule has 0 radical (unpaired) electrons. The largest absolute Gasteiger partial charge is 0.493 e. The Morgan fingerprint density at radius 2 is 1.38 bits per heavy atom. The molecule has 0 aliphatic heterocycles. The van der Waals surface area contributed by atoms with Crippen LogP contribution in [0.4, 0.5) is 0 Å². The molecule has 0 saturated carbocycles. The fourth-order valence-electron chi connectivity index (χ4n) is 3.68. The van der Waals surface area contributed by atoms with Gasteiger partial charge in [0.25, 0.3) is 0 Å². The van der Waals surface area contributed by atoms with E-state index in [4.69, 9.17) is 15.2 Å². The average molecular weight is 434 g/mol. The number of nitrogens with one attached hydrogen (secondary N) is 1. The number of nitrogens with zero attached hydrogens (tertiary/aromatic N) is 1. The first kappa shape index (κ1) is 23.8. The third-order valence-electron chi connectivity index (χ3n) is 5.56. The zero-order valence-corrected chi connectivity index (χ0v) is 19.3. The molecule has 32 heavy (non-hydrogen) atoms. The van der Waals surface area contributed by atoms with Crippen LogP contribution in [0.25, 0.3) is 11.1 Å². The maximum Gasteiger partial charge on any atom is 0.122 e. The summed E-state index contributed by atoms with van der Waals surface area (Å²) in [5, 5.41) is 3.48. The highest BCUT2D eigenvalue weighted by Gasteiger charge is 2.12. The van der Waals surface area contributed by atoms with Crippen LogP contribution >= 0.6 is 0 Å². The predicted molar refractivity (Wildman–Crippen MR) is 131 cm³/mol. The first-order valence-corrected chi connectivity index (χ1v) is 11.5. The minimum atomic E-state index is 0.636. The molecular weight excluding hydrogens is 398 g/mol. The van der Waals surface area contributed by atoms with Crippen LogP contribution < -0.4 is 20.5 Å². The molecule has 3 rings (SSSR count). The Bertz CT molecular complexity index is 960. The van der Waals surface area contributed by atoms with Crippen LogP contribution in [-0.4, -0.2) is 37.8 Å². The predicted octanol–water partition coefficient (Wildman–Crippen LogP) is 4.69. The van der Waals surface area contributed by atoms with Crippen molar-refractivity contribution in [2.75, 3.05) is 32.8 Å². The van der Waals surface area contributed by atoms with E-state index in [0.717, 1.165) is 55.0 Å². The summed E-state index contributed by atoms with van der Waals surface area (Å²) in [4.78, 5) is 4.05. The van der Waals surface area contributed by atoms with Crippen LogP contribution in [0.3, 0.4) is 0 Å². The Kier molecular flexibility index (Phi) is 9.54. The van der Waals surface area contributed by atoms with Gasteiger partial charge in [-0.3, -0.25) is 4.98 Å². The standard InChI is InChI=1S/C27H35N3O2/c1-21-24(7-3-9-26(21)31-19-5-14-28)25-8-4-10-27(22(25)2)32-20-6-15-29-16-11-23-12-17-30-18-13-23/h3-4,7-10,12-13,17-18,29H,5-6,11,14-16,19-20,28H2,1-2H3. The average Bonchev–Trinajstić information content (AvgIpc) is 2.81. The summed E-state index contributed by atoms with van der Waals surface area (Å²) in [5.41, 5.74) is 11.5. The fraction of sp³-hybridized carbons (Fsp3) is 0.370. The van der Waals surface area contributed by atoms with Gasteiger partial charge < -0.3 is 20.5 Å². The Morgan fingerprint density at radius 1 is 0.781 bits per heavy atom. The number of benzene rings is 2. The van der Waals surface area contributed by atoms with Crippen molar-refractivity contribution >= 4 is 0 Å². The summed E-state index contributed by atoms with van der Waals surface area (Å²) in [5.74, 6) is 1.85. The van der Waals surface area contributed by atoms with E-state index in [1.807, 2.05) is 30.6 Å². The molecule has 3 aromatic rings. The van der Waals surface area contributed by atoms with Crippen LogP contribution in [0.2, 0.25) is 0 Å². The first-order valence-electron chi connectivity index (χ1n) is 11.5. The Labute approximate surface area is 192 Å². The number of ether oxygens (including phenoxy) is 2. The van der Waals surface area contributed by atoms with Gasteiger partial charge in [-0.05, 0) is 105 Å². The number of nitrogens with two attached hydrogens (primary N) is 1. The van der Waals surface area contributed by atoms with Gasteiger partial charge in [-0.1, -0.05) is 24.3 Å². The third-order valence-corrected chi connectivity index (χ3v) is 5.56. The highest BCUT2D eigenvalue weighted by atomic mass is 16.5. The minimum Gasteiger partial charge on any atom is -0.493 e. The van der Waals surface area contributed by atoms with Gasteiger partial charge in [0, 0.05) is 12.4 Å². The smallest absolute Gasteiger partial charge is 0.122 e. The summed E-state index contributed by atoms with van der Waals surface area (Å²) in [6.45, 7) is 8.09. The lowest BCUT2D eigenvalue weighted by atomic mass is 9.95. The van der Waals surface area contributed by atoms with Crippen molar-refractivity contribution in [1.82, 2.24) is 10.3 Å². The van der Waals surface area contributed by atoms with Crippen LogP contribution in [-0.2, 0) is 6.42 Å². The molecule has 0 aliphatic rings. The van der Waals surface area contributed by atoms with Gasteiger partial charge in [0.1, 0.15) is 11.5 Å². The van der Waals surface area contributed by atoms with E-state index in [1.165, 1.54) is 16.7 Å². The van der Waals surface area contributed by atoms with Gasteiger partial charge in [0.05, 0.1) is 13.2 Å². The van der Waals surface area contributed by atoms with Crippen molar-refractivity contribution in [3.8, 4) is 22.6 Å². The van der Waals surface area contributed by atoms with Crippen LogP contribution in [0.1, 0.15) is 29.5 Å². The molecule has 0 amide bonds. The lowest BCUT2D eigenvalue weighted by Crippen LogP contribution is -2.20. The molecule has 0 saturated heterocycles. The minimum absolute atomic E-state index is 0.636. The van der Waals surface area contributed by atoms with Gasteiger partial charge in [-0.15, -0.1) is 0 Å². The fourth-order valence-corrected chi connectivity index (χ4v) is 3.68. The number of hydrogen-bond donors (Lipinski definition) is 2. The molecule has 2 aromatic carbocycles. The molecule has 0 spiro atoms. The normalized spacial score (nSPS) is 10.8. The van der Waals surface area contributed by atoms with E-state index in [9.17, 15) is 0 Å². The Hall–Kier alpha value is -2.89. The van der Waals surface area contributed by atoms with E-state index < -0.39 is 0 Å².